The van der Waals surface area contributed by atoms with Gasteiger partial charge in [0.05, 0.1) is 12.3 Å². The maximum atomic E-state index is 10.4. The molecular weight excluding hydrogens is 156 g/mol. The summed E-state index contributed by atoms with van der Waals surface area (Å²) in [4.78, 5) is 10.4. The maximum Gasteiger partial charge on any atom is 0.309 e. The first-order valence-electron chi connectivity index (χ1n) is 2.90. The Hall–Kier alpha value is -0.280. The van der Waals surface area contributed by atoms with Crippen LogP contribution < -0.4 is 0 Å². The first kappa shape index (κ1) is 9.72. The molecule has 0 saturated heterocycles. The van der Waals surface area contributed by atoms with Crippen molar-refractivity contribution in [3.05, 3.63) is 6.42 Å². The predicted molar refractivity (Wildman–Crippen MR) is 37.7 cm³/mol. The molecule has 0 spiro atoms. The van der Waals surface area contributed by atoms with Crippen LogP contribution in [-0.2, 0) is 9.53 Å². The van der Waals surface area contributed by atoms with Crippen LogP contribution in [0.15, 0.2) is 0 Å². The van der Waals surface area contributed by atoms with Crippen molar-refractivity contribution in [3.63, 3.8) is 0 Å². The molecule has 1 atom stereocenters. The van der Waals surface area contributed by atoms with Gasteiger partial charge in [-0.1, -0.05) is 6.92 Å². The standard InChI is InChI=1S/C6H10ClO3/c1-2-6(9)10-4-5(8)3-7/h2,5,8H,3-4H2,1H3. The SMILES string of the molecule is C[CH]C(=O)OCC(O)CCl. The molecule has 0 amide bonds. The summed E-state index contributed by atoms with van der Waals surface area (Å²) < 4.78 is 4.51. The molecule has 59 valence electrons. The van der Waals surface area contributed by atoms with Gasteiger partial charge in [0.25, 0.3) is 0 Å². The molecule has 1 unspecified atom stereocenters. The molecule has 1 radical (unpaired) electrons. The van der Waals surface area contributed by atoms with Crippen LogP contribution in [0.3, 0.4) is 0 Å². The minimum Gasteiger partial charge on any atom is -0.463 e. The number of ether oxygens (including phenoxy) is 1. The van der Waals surface area contributed by atoms with Crippen molar-refractivity contribution in [2.75, 3.05) is 12.5 Å². The van der Waals surface area contributed by atoms with E-state index in [0.29, 0.717) is 0 Å². The monoisotopic (exact) mass is 165 g/mol. The lowest BCUT2D eigenvalue weighted by molar-refractivity contribution is -0.141. The Morgan fingerprint density at radius 3 is 2.90 bits per heavy atom. The van der Waals surface area contributed by atoms with E-state index in [0.717, 1.165) is 0 Å². The number of aliphatic hydroxyl groups is 1. The Morgan fingerprint density at radius 1 is 1.90 bits per heavy atom. The van der Waals surface area contributed by atoms with Gasteiger partial charge < -0.3 is 9.84 Å². The van der Waals surface area contributed by atoms with E-state index in [9.17, 15) is 4.79 Å². The summed E-state index contributed by atoms with van der Waals surface area (Å²) in [6.07, 6.45) is 0.520. The summed E-state index contributed by atoms with van der Waals surface area (Å²) >= 11 is 5.23. The van der Waals surface area contributed by atoms with Gasteiger partial charge in [-0.15, -0.1) is 11.6 Å². The number of esters is 1. The van der Waals surface area contributed by atoms with Crippen LogP contribution in [0.2, 0.25) is 0 Å². The van der Waals surface area contributed by atoms with Gasteiger partial charge in [0, 0.05) is 0 Å². The third-order valence-electron chi connectivity index (χ3n) is 0.832. The van der Waals surface area contributed by atoms with Crippen LogP contribution in [0.5, 0.6) is 0 Å². The predicted octanol–water partition coefficient (Wildman–Crippen LogP) is 0.353. The van der Waals surface area contributed by atoms with Crippen LogP contribution in [0, 0.1) is 6.42 Å². The van der Waals surface area contributed by atoms with Gasteiger partial charge in [0.15, 0.2) is 0 Å². The minimum atomic E-state index is -0.759. The number of hydrogen-bond donors (Lipinski definition) is 1. The van der Waals surface area contributed by atoms with Gasteiger partial charge >= 0.3 is 5.97 Å². The van der Waals surface area contributed by atoms with E-state index in [2.05, 4.69) is 4.74 Å². The summed E-state index contributed by atoms with van der Waals surface area (Å²) in [5.74, 6) is -0.360. The number of halogens is 1. The van der Waals surface area contributed by atoms with Crippen molar-refractivity contribution in [2.45, 2.75) is 13.0 Å². The molecule has 0 aromatic carbocycles. The molecule has 0 aromatic heterocycles. The third kappa shape index (κ3) is 4.58. The smallest absolute Gasteiger partial charge is 0.309 e. The lowest BCUT2D eigenvalue weighted by Gasteiger charge is -2.05. The Balaban J connectivity index is 3.26. The highest BCUT2D eigenvalue weighted by molar-refractivity contribution is 6.18. The molecular formula is C6H10ClO3. The lowest BCUT2D eigenvalue weighted by Crippen LogP contribution is -2.19. The number of rotatable bonds is 4. The quantitative estimate of drug-likeness (QED) is 0.483. The zero-order valence-electron chi connectivity index (χ0n) is 5.71. The fourth-order valence-corrected chi connectivity index (χ4v) is 0.395. The van der Waals surface area contributed by atoms with E-state index in [4.69, 9.17) is 16.7 Å². The van der Waals surface area contributed by atoms with Gasteiger partial charge in [-0.2, -0.15) is 0 Å². The van der Waals surface area contributed by atoms with E-state index in [1.54, 1.807) is 6.92 Å². The van der Waals surface area contributed by atoms with E-state index < -0.39 is 12.1 Å². The average molecular weight is 166 g/mol. The highest BCUT2D eigenvalue weighted by Gasteiger charge is 2.04. The number of aliphatic hydroxyl groups excluding tert-OH is 1. The highest BCUT2D eigenvalue weighted by Crippen LogP contribution is 1.90. The average Bonchev–Trinajstić information content (AvgIpc) is 1.99. The fraction of sp³-hybridized carbons (Fsp3) is 0.667. The minimum absolute atomic E-state index is 0.0350. The number of carbonyl (C=O) groups excluding carboxylic acids is 1. The Kier molecular flexibility index (Phi) is 5.35. The van der Waals surface area contributed by atoms with E-state index in [1.165, 1.54) is 6.42 Å². The zero-order chi connectivity index (χ0) is 7.98. The van der Waals surface area contributed by atoms with Crippen LogP contribution in [0.4, 0.5) is 0 Å². The molecule has 0 fully saturated rings. The van der Waals surface area contributed by atoms with Crippen LogP contribution in [0.25, 0.3) is 0 Å². The molecule has 0 aliphatic rings. The fourth-order valence-electron chi connectivity index (χ4n) is 0.306. The van der Waals surface area contributed by atoms with Crippen LogP contribution in [-0.4, -0.2) is 29.7 Å². The maximum absolute atomic E-state index is 10.4. The molecule has 0 rings (SSSR count). The molecule has 0 aliphatic heterocycles. The molecule has 4 heteroatoms. The van der Waals surface area contributed by atoms with Crippen LogP contribution >= 0.6 is 11.6 Å². The van der Waals surface area contributed by atoms with Crippen molar-refractivity contribution in [1.82, 2.24) is 0 Å². The molecule has 0 bridgehead atoms. The second-order valence-corrected chi connectivity index (χ2v) is 2.04. The van der Waals surface area contributed by atoms with Crippen molar-refractivity contribution in [2.24, 2.45) is 0 Å². The molecule has 0 saturated carbocycles. The summed E-state index contributed by atoms with van der Waals surface area (Å²) in [5, 5.41) is 8.78. The Morgan fingerprint density at radius 2 is 2.50 bits per heavy atom. The van der Waals surface area contributed by atoms with Gasteiger partial charge in [0.2, 0.25) is 0 Å². The van der Waals surface area contributed by atoms with E-state index in [-0.39, 0.29) is 12.5 Å². The Labute approximate surface area is 64.9 Å². The molecule has 0 aromatic rings. The summed E-state index contributed by atoms with van der Waals surface area (Å²) in [5.41, 5.74) is 0. The number of hydrogen-bond acceptors (Lipinski definition) is 3. The first-order chi connectivity index (χ1) is 4.70. The first-order valence-corrected chi connectivity index (χ1v) is 3.44. The molecule has 3 nitrogen and oxygen atoms in total. The molecule has 0 aliphatic carbocycles. The summed E-state index contributed by atoms with van der Waals surface area (Å²) in [6.45, 7) is 1.53. The van der Waals surface area contributed by atoms with Gasteiger partial charge in [-0.25, -0.2) is 0 Å². The Bertz CT molecular complexity index is 105. The highest BCUT2D eigenvalue weighted by atomic mass is 35.5. The van der Waals surface area contributed by atoms with Gasteiger partial charge in [0.1, 0.15) is 12.7 Å². The summed E-state index contributed by atoms with van der Waals surface area (Å²) in [7, 11) is 0. The molecule has 1 N–H and O–H groups in total. The van der Waals surface area contributed by atoms with E-state index in [1.807, 2.05) is 0 Å². The normalized spacial score (nSPS) is 12.7. The third-order valence-corrected chi connectivity index (χ3v) is 1.19. The molecule has 10 heavy (non-hydrogen) atoms. The topological polar surface area (TPSA) is 46.5 Å². The van der Waals surface area contributed by atoms with Crippen molar-refractivity contribution in [1.29, 1.82) is 0 Å². The zero-order valence-corrected chi connectivity index (χ0v) is 6.47. The largest absolute Gasteiger partial charge is 0.463 e. The van der Waals surface area contributed by atoms with Crippen molar-refractivity contribution in [3.8, 4) is 0 Å². The van der Waals surface area contributed by atoms with Crippen molar-refractivity contribution < 1.29 is 14.6 Å². The van der Waals surface area contributed by atoms with Crippen LogP contribution in [0.1, 0.15) is 6.92 Å². The number of carbonyl (C=O) groups is 1. The molecule has 0 heterocycles. The second-order valence-electron chi connectivity index (χ2n) is 1.73. The lowest BCUT2D eigenvalue weighted by atomic mass is 10.4. The number of alkyl halides is 1. The van der Waals surface area contributed by atoms with Crippen molar-refractivity contribution >= 4 is 17.6 Å². The second kappa shape index (κ2) is 5.50. The van der Waals surface area contributed by atoms with Gasteiger partial charge in [-0.3, -0.25) is 4.79 Å². The van der Waals surface area contributed by atoms with E-state index >= 15 is 0 Å². The van der Waals surface area contributed by atoms with Gasteiger partial charge in [-0.05, 0) is 0 Å². The summed E-state index contributed by atoms with van der Waals surface area (Å²) in [6, 6.07) is 0.